The van der Waals surface area contributed by atoms with Gasteiger partial charge in [0.2, 0.25) is 0 Å². The van der Waals surface area contributed by atoms with Crippen LogP contribution >= 0.6 is 15.9 Å². The summed E-state index contributed by atoms with van der Waals surface area (Å²) in [7, 11) is 0. The van der Waals surface area contributed by atoms with Gasteiger partial charge in [-0.05, 0) is 43.5 Å². The fourth-order valence-electron chi connectivity index (χ4n) is 1.71. The van der Waals surface area contributed by atoms with Crippen molar-refractivity contribution in [3.05, 3.63) is 33.8 Å². The van der Waals surface area contributed by atoms with Gasteiger partial charge in [-0.25, -0.2) is 0 Å². The van der Waals surface area contributed by atoms with E-state index in [9.17, 15) is 9.90 Å². The summed E-state index contributed by atoms with van der Waals surface area (Å²) in [5, 5.41) is 12.9. The van der Waals surface area contributed by atoms with Crippen molar-refractivity contribution in [2.75, 3.05) is 6.54 Å². The van der Waals surface area contributed by atoms with Gasteiger partial charge in [0.1, 0.15) is 0 Å². The summed E-state index contributed by atoms with van der Waals surface area (Å²) < 4.78 is 0.883. The van der Waals surface area contributed by atoms with Crippen molar-refractivity contribution in [3.8, 4) is 0 Å². The van der Waals surface area contributed by atoms with E-state index in [2.05, 4.69) is 21.2 Å². The molecule has 0 bridgehead atoms. The Morgan fingerprint density at radius 2 is 1.94 bits per heavy atom. The molecule has 1 aromatic rings. The fourth-order valence-corrected chi connectivity index (χ4v) is 2.32. The number of aryl methyl sites for hydroxylation is 1. The summed E-state index contributed by atoms with van der Waals surface area (Å²) in [4.78, 5) is 12.0. The number of rotatable bonds is 5. The first-order chi connectivity index (χ1) is 8.40. The Bertz CT molecular complexity index is 408. The molecule has 0 saturated carbocycles. The molecule has 3 nitrogen and oxygen atoms in total. The van der Waals surface area contributed by atoms with Crippen LogP contribution in [0.15, 0.2) is 22.7 Å². The van der Waals surface area contributed by atoms with E-state index in [-0.39, 0.29) is 12.5 Å². The van der Waals surface area contributed by atoms with Crippen LogP contribution in [0.5, 0.6) is 0 Å². The largest absolute Gasteiger partial charge is 0.388 e. The highest BCUT2D eigenvalue weighted by Crippen LogP contribution is 2.16. The molecule has 0 unspecified atom stereocenters. The minimum Gasteiger partial charge on any atom is -0.388 e. The third-order valence-corrected chi connectivity index (χ3v) is 3.66. The van der Waals surface area contributed by atoms with Crippen LogP contribution in [0.1, 0.15) is 42.6 Å². The molecule has 18 heavy (non-hydrogen) atoms. The van der Waals surface area contributed by atoms with E-state index < -0.39 is 5.60 Å². The third kappa shape index (κ3) is 4.10. The zero-order chi connectivity index (χ0) is 13.8. The summed E-state index contributed by atoms with van der Waals surface area (Å²) >= 11 is 3.37. The Kier molecular flexibility index (Phi) is 5.35. The molecule has 0 atom stereocenters. The highest BCUT2D eigenvalue weighted by molar-refractivity contribution is 9.10. The topological polar surface area (TPSA) is 49.3 Å². The van der Waals surface area contributed by atoms with Gasteiger partial charge >= 0.3 is 0 Å². The molecule has 0 radical (unpaired) electrons. The first kappa shape index (κ1) is 15.2. The number of carbonyl (C=O) groups is 1. The molecular weight excluding hydrogens is 294 g/mol. The highest BCUT2D eigenvalue weighted by atomic mass is 79.9. The Balaban J connectivity index is 2.71. The zero-order valence-corrected chi connectivity index (χ0v) is 12.7. The Morgan fingerprint density at radius 3 is 2.44 bits per heavy atom. The molecule has 0 saturated heterocycles. The van der Waals surface area contributed by atoms with Crippen LogP contribution in [0.25, 0.3) is 0 Å². The Morgan fingerprint density at radius 1 is 1.33 bits per heavy atom. The summed E-state index contributed by atoms with van der Waals surface area (Å²) in [5.74, 6) is -0.153. The van der Waals surface area contributed by atoms with Crippen molar-refractivity contribution in [2.24, 2.45) is 0 Å². The second kappa shape index (κ2) is 6.34. The lowest BCUT2D eigenvalue weighted by molar-refractivity contribution is 0.0314. The Labute approximate surface area is 117 Å². The number of hydrogen-bond acceptors (Lipinski definition) is 2. The average molecular weight is 314 g/mol. The van der Waals surface area contributed by atoms with Crippen molar-refractivity contribution >= 4 is 21.8 Å². The maximum Gasteiger partial charge on any atom is 0.251 e. The molecule has 0 aliphatic rings. The summed E-state index contributed by atoms with van der Waals surface area (Å²) in [6.45, 7) is 6.05. The molecule has 0 aliphatic heterocycles. The maximum atomic E-state index is 12.0. The molecule has 1 rings (SSSR count). The lowest BCUT2D eigenvalue weighted by Crippen LogP contribution is -2.42. The molecule has 1 aromatic carbocycles. The minimum atomic E-state index is -0.809. The SMILES string of the molecule is CCC(O)(CC)CNC(=O)c1cc(C)cc(Br)c1. The second-order valence-corrected chi connectivity index (χ2v) is 5.55. The van der Waals surface area contributed by atoms with Gasteiger partial charge in [-0.2, -0.15) is 0 Å². The number of hydrogen-bond donors (Lipinski definition) is 2. The van der Waals surface area contributed by atoms with Crippen LogP contribution in [0.3, 0.4) is 0 Å². The predicted octanol–water partition coefficient (Wildman–Crippen LogP) is 3.04. The first-order valence-electron chi connectivity index (χ1n) is 6.18. The van der Waals surface area contributed by atoms with Gasteiger partial charge < -0.3 is 10.4 Å². The molecule has 1 amide bonds. The number of nitrogens with one attached hydrogen (secondary N) is 1. The highest BCUT2D eigenvalue weighted by Gasteiger charge is 2.23. The van der Waals surface area contributed by atoms with Crippen LogP contribution in [0, 0.1) is 6.92 Å². The third-order valence-electron chi connectivity index (χ3n) is 3.20. The van der Waals surface area contributed by atoms with Crippen molar-refractivity contribution in [1.82, 2.24) is 5.32 Å². The molecule has 0 spiro atoms. The standard InChI is InChI=1S/C14H20BrNO2/c1-4-14(18,5-2)9-16-13(17)11-6-10(3)7-12(15)8-11/h6-8,18H,4-5,9H2,1-3H3,(H,16,17). The molecule has 0 aromatic heterocycles. The number of aliphatic hydroxyl groups is 1. The lowest BCUT2D eigenvalue weighted by atomic mass is 9.97. The van der Waals surface area contributed by atoms with E-state index in [0.29, 0.717) is 18.4 Å². The summed E-state index contributed by atoms with van der Waals surface area (Å²) in [6, 6.07) is 5.56. The van der Waals surface area contributed by atoms with Gasteiger partial charge in [0.25, 0.3) is 5.91 Å². The smallest absolute Gasteiger partial charge is 0.251 e. The Hall–Kier alpha value is -0.870. The average Bonchev–Trinajstić information content (AvgIpc) is 2.34. The number of benzene rings is 1. The molecule has 2 N–H and O–H groups in total. The van der Waals surface area contributed by atoms with E-state index in [4.69, 9.17) is 0 Å². The van der Waals surface area contributed by atoms with E-state index in [1.54, 1.807) is 6.07 Å². The van der Waals surface area contributed by atoms with Crippen molar-refractivity contribution in [2.45, 2.75) is 39.2 Å². The molecule has 4 heteroatoms. The zero-order valence-electron chi connectivity index (χ0n) is 11.1. The quantitative estimate of drug-likeness (QED) is 0.877. The number of carbonyl (C=O) groups excluding carboxylic acids is 1. The van der Waals surface area contributed by atoms with Crippen LogP contribution in [-0.4, -0.2) is 23.2 Å². The number of amides is 1. The lowest BCUT2D eigenvalue weighted by Gasteiger charge is -2.25. The van der Waals surface area contributed by atoms with Gasteiger partial charge in [-0.15, -0.1) is 0 Å². The predicted molar refractivity (Wildman–Crippen MR) is 76.7 cm³/mol. The van der Waals surface area contributed by atoms with E-state index >= 15 is 0 Å². The first-order valence-corrected chi connectivity index (χ1v) is 6.97. The maximum absolute atomic E-state index is 12.0. The molecule has 0 fully saturated rings. The molecule has 0 heterocycles. The van der Waals surface area contributed by atoms with Gasteiger partial charge in [-0.3, -0.25) is 4.79 Å². The summed E-state index contributed by atoms with van der Waals surface area (Å²) in [6.07, 6.45) is 1.25. The van der Waals surface area contributed by atoms with E-state index in [1.807, 2.05) is 32.9 Å². The van der Waals surface area contributed by atoms with Crippen LogP contribution in [0.2, 0.25) is 0 Å². The van der Waals surface area contributed by atoms with Gasteiger partial charge in [0.05, 0.1) is 5.60 Å². The minimum absolute atomic E-state index is 0.153. The molecule has 0 aliphatic carbocycles. The van der Waals surface area contributed by atoms with Crippen molar-refractivity contribution in [1.29, 1.82) is 0 Å². The second-order valence-electron chi connectivity index (χ2n) is 4.63. The van der Waals surface area contributed by atoms with Crippen LogP contribution in [0.4, 0.5) is 0 Å². The van der Waals surface area contributed by atoms with Gasteiger partial charge in [0, 0.05) is 16.6 Å². The number of halogens is 1. The fraction of sp³-hybridized carbons (Fsp3) is 0.500. The van der Waals surface area contributed by atoms with E-state index in [0.717, 1.165) is 10.0 Å². The van der Waals surface area contributed by atoms with Crippen LogP contribution in [-0.2, 0) is 0 Å². The van der Waals surface area contributed by atoms with E-state index in [1.165, 1.54) is 0 Å². The summed E-state index contributed by atoms with van der Waals surface area (Å²) in [5.41, 5.74) is 0.823. The monoisotopic (exact) mass is 313 g/mol. The van der Waals surface area contributed by atoms with Crippen LogP contribution < -0.4 is 5.32 Å². The normalized spacial score (nSPS) is 11.4. The van der Waals surface area contributed by atoms with Gasteiger partial charge in [0.15, 0.2) is 0 Å². The van der Waals surface area contributed by atoms with Crippen molar-refractivity contribution in [3.63, 3.8) is 0 Å². The van der Waals surface area contributed by atoms with Crippen molar-refractivity contribution < 1.29 is 9.90 Å². The molecule has 100 valence electrons. The molecular formula is C14H20BrNO2. The van der Waals surface area contributed by atoms with Gasteiger partial charge in [-0.1, -0.05) is 29.8 Å².